The van der Waals surface area contributed by atoms with Crippen LogP contribution in [0.15, 0.2) is 47.4 Å². The summed E-state index contributed by atoms with van der Waals surface area (Å²) in [4.78, 5) is 28.0. The molecular weight excluding hydrogens is 444 g/mol. The molecule has 0 saturated carbocycles. The first kappa shape index (κ1) is 23.0. The number of anilines is 2. The van der Waals surface area contributed by atoms with Crippen LogP contribution >= 0.6 is 11.6 Å². The van der Waals surface area contributed by atoms with Gasteiger partial charge in [0.25, 0.3) is 5.91 Å². The Morgan fingerprint density at radius 1 is 1.16 bits per heavy atom. The van der Waals surface area contributed by atoms with E-state index in [4.69, 9.17) is 21.5 Å². The number of carbonyl (C=O) groups excluding carboxylic acids is 2. The summed E-state index contributed by atoms with van der Waals surface area (Å²) in [6.45, 7) is 2.82. The number of ether oxygens (including phenoxy) is 1. The van der Waals surface area contributed by atoms with Gasteiger partial charge in [0.2, 0.25) is 15.9 Å². The third kappa shape index (κ3) is 5.95. The van der Waals surface area contributed by atoms with Crippen molar-refractivity contribution in [2.24, 2.45) is 5.14 Å². The summed E-state index contributed by atoms with van der Waals surface area (Å²) in [5.74, 6) is -0.858. The highest BCUT2D eigenvalue weighted by Crippen LogP contribution is 2.22. The predicted octanol–water partition coefficient (Wildman–Crippen LogP) is 1.53. The zero-order valence-electron chi connectivity index (χ0n) is 16.9. The molecule has 11 heteroatoms. The van der Waals surface area contributed by atoms with E-state index in [0.29, 0.717) is 18.9 Å². The van der Waals surface area contributed by atoms with Crippen LogP contribution in [0.2, 0.25) is 5.02 Å². The monoisotopic (exact) mass is 466 g/mol. The highest BCUT2D eigenvalue weighted by atomic mass is 35.5. The maximum Gasteiger partial charge on any atom is 0.254 e. The molecular formula is C20H23ClN4O5S. The fourth-order valence-electron chi connectivity index (χ4n) is 3.15. The maximum atomic E-state index is 12.6. The van der Waals surface area contributed by atoms with Gasteiger partial charge in [-0.25, -0.2) is 13.6 Å². The summed E-state index contributed by atoms with van der Waals surface area (Å²) in [5, 5.41) is 7.66. The van der Waals surface area contributed by atoms with Crippen molar-refractivity contribution in [1.82, 2.24) is 4.90 Å². The quantitative estimate of drug-likeness (QED) is 0.665. The van der Waals surface area contributed by atoms with Crippen LogP contribution in [0.5, 0.6) is 0 Å². The van der Waals surface area contributed by atoms with Crippen LogP contribution < -0.4 is 15.4 Å². The van der Waals surface area contributed by atoms with Crippen molar-refractivity contribution in [3.8, 4) is 0 Å². The Kier molecular flexibility index (Phi) is 7.16. The highest BCUT2D eigenvalue weighted by molar-refractivity contribution is 7.89. The number of carbonyl (C=O) groups is 2. The van der Waals surface area contributed by atoms with Gasteiger partial charge in [0.15, 0.2) is 0 Å². The zero-order valence-corrected chi connectivity index (χ0v) is 18.4. The van der Waals surface area contributed by atoms with Crippen molar-refractivity contribution in [3.63, 3.8) is 0 Å². The molecule has 3 N–H and O–H groups in total. The average molecular weight is 467 g/mol. The molecule has 166 valence electrons. The molecule has 0 aromatic heterocycles. The lowest BCUT2D eigenvalue weighted by Crippen LogP contribution is -2.36. The topological polar surface area (TPSA) is 122 Å². The molecule has 0 radical (unpaired) electrons. The molecule has 9 nitrogen and oxygen atoms in total. The fourth-order valence-corrected chi connectivity index (χ4v) is 4.24. The number of nitrogens with one attached hydrogen (secondary N) is 1. The number of nitrogens with zero attached hydrogens (tertiary/aromatic N) is 2. The molecule has 0 bridgehead atoms. The van der Waals surface area contributed by atoms with E-state index >= 15 is 0 Å². The van der Waals surface area contributed by atoms with Gasteiger partial charge in [-0.15, -0.1) is 0 Å². The second-order valence-corrected chi connectivity index (χ2v) is 8.98. The number of sulfonamides is 1. The summed E-state index contributed by atoms with van der Waals surface area (Å²) in [7, 11) is -2.53. The van der Waals surface area contributed by atoms with Crippen LogP contribution in [0, 0.1) is 0 Å². The predicted molar refractivity (Wildman–Crippen MR) is 118 cm³/mol. The lowest BCUT2D eigenvalue weighted by atomic mass is 10.2. The summed E-state index contributed by atoms with van der Waals surface area (Å²) >= 11 is 5.93. The van der Waals surface area contributed by atoms with Gasteiger partial charge in [-0.05, 0) is 42.5 Å². The number of hydrogen-bond donors (Lipinski definition) is 2. The Morgan fingerprint density at radius 3 is 2.39 bits per heavy atom. The molecule has 1 saturated heterocycles. The number of primary sulfonamides is 1. The minimum absolute atomic E-state index is 0.141. The Bertz CT molecular complexity index is 1070. The van der Waals surface area contributed by atoms with Gasteiger partial charge in [-0.3, -0.25) is 9.59 Å². The number of rotatable bonds is 6. The van der Waals surface area contributed by atoms with E-state index < -0.39 is 15.9 Å². The normalized spacial score (nSPS) is 14.2. The Morgan fingerprint density at radius 2 is 1.81 bits per heavy atom. The van der Waals surface area contributed by atoms with E-state index in [-0.39, 0.29) is 27.9 Å². The minimum atomic E-state index is -3.99. The minimum Gasteiger partial charge on any atom is -0.378 e. The van der Waals surface area contributed by atoms with E-state index in [0.717, 1.165) is 24.8 Å². The number of morpholine rings is 1. The number of amides is 2. The van der Waals surface area contributed by atoms with E-state index in [1.807, 2.05) is 12.1 Å². The summed E-state index contributed by atoms with van der Waals surface area (Å²) in [5.41, 5.74) is 1.80. The molecule has 1 aliphatic heterocycles. The smallest absolute Gasteiger partial charge is 0.254 e. The molecule has 0 aliphatic carbocycles. The van der Waals surface area contributed by atoms with Crippen molar-refractivity contribution in [2.75, 3.05) is 50.1 Å². The Hall–Kier alpha value is -2.66. The van der Waals surface area contributed by atoms with Crippen LogP contribution in [0.1, 0.15) is 10.4 Å². The number of likely N-dealkylation sites (N-methyl/N-ethyl adjacent to an activating group) is 1. The zero-order chi connectivity index (χ0) is 22.6. The van der Waals surface area contributed by atoms with Gasteiger partial charge in [-0.2, -0.15) is 0 Å². The summed E-state index contributed by atoms with van der Waals surface area (Å²) in [6, 6.07) is 11.1. The molecule has 2 aromatic carbocycles. The number of benzene rings is 2. The second kappa shape index (κ2) is 9.65. The largest absolute Gasteiger partial charge is 0.378 e. The molecule has 0 spiro atoms. The van der Waals surface area contributed by atoms with Gasteiger partial charge in [0.05, 0.1) is 24.8 Å². The van der Waals surface area contributed by atoms with Crippen molar-refractivity contribution in [3.05, 3.63) is 53.1 Å². The van der Waals surface area contributed by atoms with E-state index in [1.54, 1.807) is 12.1 Å². The SMILES string of the molecule is CN(CC(=O)Nc1ccc(N2CCOCC2)cc1)C(=O)c1ccc(S(N)(=O)=O)c(Cl)c1. The maximum absolute atomic E-state index is 12.6. The molecule has 31 heavy (non-hydrogen) atoms. The van der Waals surface area contributed by atoms with Crippen LogP contribution in [-0.2, 0) is 19.6 Å². The first-order valence-electron chi connectivity index (χ1n) is 9.45. The molecule has 1 fully saturated rings. The average Bonchev–Trinajstić information content (AvgIpc) is 2.73. The van der Waals surface area contributed by atoms with Crippen molar-refractivity contribution >= 4 is 44.8 Å². The third-order valence-electron chi connectivity index (χ3n) is 4.74. The van der Waals surface area contributed by atoms with Crippen LogP contribution in [0.25, 0.3) is 0 Å². The lowest BCUT2D eigenvalue weighted by molar-refractivity contribution is -0.116. The highest BCUT2D eigenvalue weighted by Gasteiger charge is 2.19. The molecule has 2 aromatic rings. The molecule has 3 rings (SSSR count). The molecule has 0 unspecified atom stereocenters. The van der Waals surface area contributed by atoms with E-state index in [1.165, 1.54) is 24.1 Å². The first-order valence-corrected chi connectivity index (χ1v) is 11.4. The number of hydrogen-bond acceptors (Lipinski definition) is 6. The van der Waals surface area contributed by atoms with Crippen molar-refractivity contribution in [1.29, 1.82) is 0 Å². The molecule has 2 amide bonds. The van der Waals surface area contributed by atoms with Crippen molar-refractivity contribution in [2.45, 2.75) is 4.90 Å². The Balaban J connectivity index is 1.58. The standard InChI is InChI=1S/C20H23ClN4O5S/c1-24(20(27)14-2-7-18(17(21)12-14)31(22,28)29)13-19(26)23-15-3-5-16(6-4-15)25-8-10-30-11-9-25/h2-7,12H,8-11,13H2,1H3,(H,23,26)(H2,22,28,29). The number of nitrogens with two attached hydrogens (primary N) is 1. The van der Waals surface area contributed by atoms with Gasteiger partial charge >= 0.3 is 0 Å². The molecule has 1 heterocycles. The van der Waals surface area contributed by atoms with Gasteiger partial charge in [-0.1, -0.05) is 11.6 Å². The van der Waals surface area contributed by atoms with Crippen LogP contribution in [0.4, 0.5) is 11.4 Å². The molecule has 1 aliphatic rings. The van der Waals surface area contributed by atoms with Crippen molar-refractivity contribution < 1.29 is 22.7 Å². The van der Waals surface area contributed by atoms with Gasteiger partial charge < -0.3 is 19.9 Å². The Labute approximate surface area is 185 Å². The summed E-state index contributed by atoms with van der Waals surface area (Å²) < 4.78 is 28.2. The molecule has 0 atom stereocenters. The summed E-state index contributed by atoms with van der Waals surface area (Å²) in [6.07, 6.45) is 0. The van der Waals surface area contributed by atoms with Crippen LogP contribution in [0.3, 0.4) is 0 Å². The lowest BCUT2D eigenvalue weighted by Gasteiger charge is -2.28. The van der Waals surface area contributed by atoms with Gasteiger partial charge in [0, 0.05) is 37.1 Å². The fraction of sp³-hybridized carbons (Fsp3) is 0.300. The third-order valence-corrected chi connectivity index (χ3v) is 6.13. The second-order valence-electron chi connectivity index (χ2n) is 7.05. The van der Waals surface area contributed by atoms with E-state index in [2.05, 4.69) is 10.2 Å². The van der Waals surface area contributed by atoms with Gasteiger partial charge in [0.1, 0.15) is 4.90 Å². The van der Waals surface area contributed by atoms with Crippen LogP contribution in [-0.4, -0.2) is 65.0 Å². The van der Waals surface area contributed by atoms with E-state index in [9.17, 15) is 18.0 Å². The number of halogens is 1. The first-order chi connectivity index (χ1) is 14.6.